The molecule has 0 bridgehead atoms. The number of hydrogen-bond donors (Lipinski definition) is 1. The van der Waals surface area contributed by atoms with Crippen molar-refractivity contribution in [3.05, 3.63) is 57.8 Å². The van der Waals surface area contributed by atoms with Crippen molar-refractivity contribution in [1.29, 1.82) is 5.26 Å². The highest BCUT2D eigenvalue weighted by molar-refractivity contribution is 7.07. The number of nitriles is 1. The number of hydrogen-bond acceptors (Lipinski definition) is 4. The van der Waals surface area contributed by atoms with Crippen LogP contribution in [0.5, 0.6) is 0 Å². The van der Waals surface area contributed by atoms with Gasteiger partial charge in [-0.25, -0.2) is 0 Å². The van der Waals surface area contributed by atoms with E-state index in [1.807, 2.05) is 31.2 Å². The SMILES string of the molecule is CC(N)C(c1ccsc1)N(C)Cc1cccc(C#N)c1. The van der Waals surface area contributed by atoms with Crippen LogP contribution in [0.2, 0.25) is 0 Å². The third-order valence-corrected chi connectivity index (χ3v) is 4.05. The Hall–Kier alpha value is -1.67. The minimum atomic E-state index is 0.0498. The Balaban J connectivity index is 2.16. The highest BCUT2D eigenvalue weighted by Gasteiger charge is 2.21. The zero-order valence-electron chi connectivity index (χ0n) is 11.8. The molecule has 0 aliphatic rings. The Kier molecular flexibility index (Phi) is 4.91. The molecule has 4 heteroatoms. The zero-order chi connectivity index (χ0) is 14.5. The van der Waals surface area contributed by atoms with Crippen LogP contribution in [-0.2, 0) is 6.54 Å². The molecule has 2 aromatic rings. The van der Waals surface area contributed by atoms with E-state index in [4.69, 9.17) is 11.0 Å². The van der Waals surface area contributed by atoms with Crippen LogP contribution >= 0.6 is 11.3 Å². The van der Waals surface area contributed by atoms with Gasteiger partial charge in [-0.3, -0.25) is 4.90 Å². The van der Waals surface area contributed by atoms with Gasteiger partial charge in [0.2, 0.25) is 0 Å². The normalized spacial score (nSPS) is 13.9. The molecule has 20 heavy (non-hydrogen) atoms. The minimum Gasteiger partial charge on any atom is -0.326 e. The van der Waals surface area contributed by atoms with E-state index in [1.165, 1.54) is 5.56 Å². The van der Waals surface area contributed by atoms with Gasteiger partial charge in [0.25, 0.3) is 0 Å². The molecule has 2 N–H and O–H groups in total. The molecule has 0 saturated carbocycles. The van der Waals surface area contributed by atoms with Crippen LogP contribution in [0.15, 0.2) is 41.1 Å². The summed E-state index contributed by atoms with van der Waals surface area (Å²) in [5.74, 6) is 0. The summed E-state index contributed by atoms with van der Waals surface area (Å²) in [6, 6.07) is 12.3. The van der Waals surface area contributed by atoms with Gasteiger partial charge in [0, 0.05) is 12.6 Å². The Morgan fingerprint density at radius 2 is 2.20 bits per heavy atom. The molecule has 0 fully saturated rings. The first kappa shape index (κ1) is 14.7. The summed E-state index contributed by atoms with van der Waals surface area (Å²) in [6.45, 7) is 2.81. The zero-order valence-corrected chi connectivity index (χ0v) is 12.6. The second kappa shape index (κ2) is 6.67. The van der Waals surface area contributed by atoms with E-state index in [9.17, 15) is 0 Å². The average Bonchev–Trinajstić information content (AvgIpc) is 2.92. The average molecular weight is 285 g/mol. The first-order valence-electron chi connectivity index (χ1n) is 6.58. The second-order valence-electron chi connectivity index (χ2n) is 5.09. The van der Waals surface area contributed by atoms with Crippen molar-refractivity contribution in [3.8, 4) is 6.07 Å². The van der Waals surface area contributed by atoms with Crippen molar-refractivity contribution < 1.29 is 0 Å². The van der Waals surface area contributed by atoms with Crippen molar-refractivity contribution >= 4 is 11.3 Å². The molecule has 2 atom stereocenters. The maximum atomic E-state index is 8.96. The van der Waals surface area contributed by atoms with Crippen LogP contribution < -0.4 is 5.73 Å². The Bertz CT molecular complexity index is 584. The molecule has 1 aromatic carbocycles. The van der Waals surface area contributed by atoms with Gasteiger partial charge in [-0.05, 0) is 54.1 Å². The fourth-order valence-corrected chi connectivity index (χ4v) is 3.22. The second-order valence-corrected chi connectivity index (χ2v) is 5.87. The largest absolute Gasteiger partial charge is 0.326 e. The van der Waals surface area contributed by atoms with Crippen molar-refractivity contribution in [2.24, 2.45) is 5.73 Å². The molecule has 104 valence electrons. The lowest BCUT2D eigenvalue weighted by Crippen LogP contribution is -2.36. The molecule has 0 aliphatic carbocycles. The number of nitrogens with two attached hydrogens (primary N) is 1. The predicted molar refractivity (Wildman–Crippen MR) is 83.3 cm³/mol. The van der Waals surface area contributed by atoms with Crippen molar-refractivity contribution in [2.75, 3.05) is 7.05 Å². The monoisotopic (exact) mass is 285 g/mol. The number of nitrogens with zero attached hydrogens (tertiary/aromatic N) is 2. The number of benzene rings is 1. The molecule has 2 unspecified atom stereocenters. The highest BCUT2D eigenvalue weighted by Crippen LogP contribution is 2.25. The van der Waals surface area contributed by atoms with Crippen LogP contribution in [0.1, 0.15) is 29.7 Å². The Labute approximate surface area is 124 Å². The maximum Gasteiger partial charge on any atom is 0.0991 e. The molecule has 2 rings (SSSR count). The van der Waals surface area contributed by atoms with E-state index in [0.717, 1.165) is 12.1 Å². The minimum absolute atomic E-state index is 0.0498. The van der Waals surface area contributed by atoms with E-state index in [2.05, 4.69) is 34.8 Å². The van der Waals surface area contributed by atoms with Crippen molar-refractivity contribution in [3.63, 3.8) is 0 Å². The maximum absolute atomic E-state index is 8.96. The van der Waals surface area contributed by atoms with Gasteiger partial charge in [-0.2, -0.15) is 16.6 Å². The van der Waals surface area contributed by atoms with E-state index >= 15 is 0 Å². The third-order valence-electron chi connectivity index (χ3n) is 3.35. The number of thiophene rings is 1. The topological polar surface area (TPSA) is 53.0 Å². The van der Waals surface area contributed by atoms with Gasteiger partial charge in [0.05, 0.1) is 17.7 Å². The van der Waals surface area contributed by atoms with E-state index in [-0.39, 0.29) is 12.1 Å². The third kappa shape index (κ3) is 3.45. The van der Waals surface area contributed by atoms with E-state index in [1.54, 1.807) is 11.3 Å². The predicted octanol–water partition coefficient (Wildman–Crippen LogP) is 3.14. The molecule has 3 nitrogen and oxygen atoms in total. The highest BCUT2D eigenvalue weighted by atomic mass is 32.1. The fourth-order valence-electron chi connectivity index (χ4n) is 2.53. The summed E-state index contributed by atoms with van der Waals surface area (Å²) < 4.78 is 0. The quantitative estimate of drug-likeness (QED) is 0.918. The lowest BCUT2D eigenvalue weighted by atomic mass is 10.0. The Morgan fingerprint density at radius 3 is 2.80 bits per heavy atom. The van der Waals surface area contributed by atoms with Crippen molar-refractivity contribution in [1.82, 2.24) is 4.90 Å². The van der Waals surface area contributed by atoms with Crippen LogP contribution in [0.25, 0.3) is 0 Å². The van der Waals surface area contributed by atoms with Gasteiger partial charge >= 0.3 is 0 Å². The summed E-state index contributed by atoms with van der Waals surface area (Å²) in [5, 5.41) is 13.2. The van der Waals surface area contributed by atoms with E-state index < -0.39 is 0 Å². The summed E-state index contributed by atoms with van der Waals surface area (Å²) >= 11 is 1.69. The summed E-state index contributed by atoms with van der Waals surface area (Å²) in [4.78, 5) is 2.24. The number of rotatable bonds is 5. The standard InChI is InChI=1S/C16H19N3S/c1-12(18)16(15-6-7-20-11-15)19(2)10-14-5-3-4-13(8-14)9-17/h3-8,11-12,16H,10,18H2,1-2H3. The lowest BCUT2D eigenvalue weighted by molar-refractivity contribution is 0.211. The molecule has 0 saturated heterocycles. The summed E-state index contributed by atoms with van der Waals surface area (Å²) in [6.07, 6.45) is 0. The van der Waals surface area contributed by atoms with Crippen LogP contribution in [0.4, 0.5) is 0 Å². The molecular weight excluding hydrogens is 266 g/mol. The molecule has 0 radical (unpaired) electrons. The smallest absolute Gasteiger partial charge is 0.0991 e. The molecular formula is C16H19N3S. The van der Waals surface area contributed by atoms with Crippen molar-refractivity contribution in [2.45, 2.75) is 25.6 Å². The fraction of sp³-hybridized carbons (Fsp3) is 0.312. The summed E-state index contributed by atoms with van der Waals surface area (Å²) in [7, 11) is 2.07. The first-order chi connectivity index (χ1) is 9.61. The van der Waals surface area contributed by atoms with Gasteiger partial charge in [0.15, 0.2) is 0 Å². The van der Waals surface area contributed by atoms with Gasteiger partial charge in [-0.15, -0.1) is 0 Å². The lowest BCUT2D eigenvalue weighted by Gasteiger charge is -2.30. The molecule has 0 spiro atoms. The van der Waals surface area contributed by atoms with Crippen LogP contribution in [-0.4, -0.2) is 18.0 Å². The van der Waals surface area contributed by atoms with Crippen LogP contribution in [0, 0.1) is 11.3 Å². The first-order valence-corrected chi connectivity index (χ1v) is 7.53. The van der Waals surface area contributed by atoms with Crippen LogP contribution in [0.3, 0.4) is 0 Å². The molecule has 0 amide bonds. The van der Waals surface area contributed by atoms with Gasteiger partial charge in [0.1, 0.15) is 0 Å². The molecule has 1 heterocycles. The molecule has 0 aliphatic heterocycles. The molecule has 1 aromatic heterocycles. The Morgan fingerprint density at radius 1 is 1.40 bits per heavy atom. The van der Waals surface area contributed by atoms with E-state index in [0.29, 0.717) is 5.56 Å². The number of likely N-dealkylation sites (N-methyl/N-ethyl adjacent to an activating group) is 1. The van der Waals surface area contributed by atoms with Gasteiger partial charge < -0.3 is 5.73 Å². The van der Waals surface area contributed by atoms with Gasteiger partial charge in [-0.1, -0.05) is 12.1 Å². The summed E-state index contributed by atoms with van der Waals surface area (Å²) in [5.41, 5.74) is 9.23.